The van der Waals surface area contributed by atoms with Crippen molar-refractivity contribution < 1.29 is 14.3 Å². The summed E-state index contributed by atoms with van der Waals surface area (Å²) in [6.45, 7) is 14.4. The van der Waals surface area contributed by atoms with E-state index < -0.39 is 19.2 Å². The first-order chi connectivity index (χ1) is 16.9. The van der Waals surface area contributed by atoms with Gasteiger partial charge in [-0.05, 0) is 38.9 Å². The van der Waals surface area contributed by atoms with Crippen LogP contribution in [-0.2, 0) is 21.7 Å². The summed E-state index contributed by atoms with van der Waals surface area (Å²) in [5, 5.41) is 15.1. The first kappa shape index (κ1) is 25.8. The number of fused-ring (bicyclic) bond motifs is 1. The molecule has 0 unspecified atom stereocenters. The highest BCUT2D eigenvalue weighted by molar-refractivity contribution is 6.76. The Hall–Kier alpha value is -3.23. The van der Waals surface area contributed by atoms with E-state index in [4.69, 9.17) is 14.6 Å². The fraction of sp³-hybridized carbons (Fsp3) is 0.560. The predicted molar refractivity (Wildman–Crippen MR) is 139 cm³/mol. The number of nitrogens with zero attached hydrogens (tertiary/aromatic N) is 7. The van der Waals surface area contributed by atoms with Crippen LogP contribution in [-0.4, -0.2) is 68.7 Å². The van der Waals surface area contributed by atoms with Gasteiger partial charge in [0, 0.05) is 32.5 Å². The minimum Gasteiger partial charge on any atom is -0.444 e. The molecule has 0 aliphatic carbocycles. The molecule has 36 heavy (non-hydrogen) atoms. The number of ether oxygens (including phenoxy) is 2. The van der Waals surface area contributed by atoms with Crippen LogP contribution in [0, 0.1) is 11.3 Å². The van der Waals surface area contributed by atoms with Crippen LogP contribution in [0.5, 0.6) is 0 Å². The van der Waals surface area contributed by atoms with Gasteiger partial charge in [-0.15, -0.1) is 0 Å². The number of likely N-dealkylation sites (tertiary alicyclic amines) is 1. The molecule has 1 fully saturated rings. The van der Waals surface area contributed by atoms with Crippen molar-refractivity contribution in [2.45, 2.75) is 70.7 Å². The minimum atomic E-state index is -1.14. The van der Waals surface area contributed by atoms with Gasteiger partial charge in [0.25, 0.3) is 0 Å². The van der Waals surface area contributed by atoms with Crippen LogP contribution in [0.1, 0.15) is 27.2 Å². The second-order valence-electron chi connectivity index (χ2n) is 11.6. The second-order valence-corrected chi connectivity index (χ2v) is 17.3. The summed E-state index contributed by atoms with van der Waals surface area (Å²) in [5.41, 5.74) is 1.03. The van der Waals surface area contributed by atoms with Crippen molar-refractivity contribution in [1.82, 2.24) is 29.2 Å². The molecular weight excluding hydrogens is 474 g/mol. The maximum atomic E-state index is 12.4. The van der Waals surface area contributed by atoms with E-state index in [2.05, 4.69) is 35.7 Å². The number of nitriles is 1. The molecule has 0 saturated carbocycles. The number of carbonyl (C=O) groups is 1. The van der Waals surface area contributed by atoms with Crippen LogP contribution in [0.15, 0.2) is 30.9 Å². The Morgan fingerprint density at radius 3 is 2.61 bits per heavy atom. The number of hydrogen-bond acceptors (Lipinski definition) is 7. The van der Waals surface area contributed by atoms with E-state index in [-0.39, 0.29) is 12.5 Å². The third kappa shape index (κ3) is 5.60. The van der Waals surface area contributed by atoms with Gasteiger partial charge >= 0.3 is 6.09 Å². The summed E-state index contributed by atoms with van der Waals surface area (Å²) in [7, 11) is -1.14. The van der Waals surface area contributed by atoms with Crippen molar-refractivity contribution in [2.75, 3.05) is 19.7 Å². The molecule has 3 aromatic rings. The standard InChI is InChI=1S/C25H35N7O3Si/c1-24(2,3)35-23(33)31-15-25(16-31,9-10-26)32-12-8-20(29-32)21-19-7-11-30(22(19)28-17-27-21)18-34-13-14-36(4,5)6/h7-8,11-12,17H,9,13-16,18H2,1-6H3. The number of amides is 1. The van der Waals surface area contributed by atoms with Crippen LogP contribution in [0.4, 0.5) is 4.79 Å². The van der Waals surface area contributed by atoms with E-state index in [1.54, 1.807) is 9.58 Å². The van der Waals surface area contributed by atoms with Gasteiger partial charge in [0.2, 0.25) is 0 Å². The largest absolute Gasteiger partial charge is 0.444 e. The Morgan fingerprint density at radius 2 is 1.94 bits per heavy atom. The normalized spacial score (nSPS) is 15.5. The average molecular weight is 510 g/mol. The number of carbonyl (C=O) groups excluding carboxylic acids is 1. The highest BCUT2D eigenvalue weighted by Crippen LogP contribution is 2.34. The van der Waals surface area contributed by atoms with Gasteiger partial charge < -0.3 is 18.9 Å². The monoisotopic (exact) mass is 509 g/mol. The molecule has 11 heteroatoms. The first-order valence-electron chi connectivity index (χ1n) is 12.2. The molecule has 1 saturated heterocycles. The maximum absolute atomic E-state index is 12.4. The highest BCUT2D eigenvalue weighted by Gasteiger charge is 2.48. The third-order valence-electron chi connectivity index (χ3n) is 6.13. The van der Waals surface area contributed by atoms with Crippen LogP contribution >= 0.6 is 0 Å². The smallest absolute Gasteiger partial charge is 0.410 e. The second kappa shape index (κ2) is 9.67. The minimum absolute atomic E-state index is 0.234. The zero-order valence-electron chi connectivity index (χ0n) is 22.0. The molecule has 1 amide bonds. The summed E-state index contributed by atoms with van der Waals surface area (Å²) in [6, 6.07) is 7.23. The van der Waals surface area contributed by atoms with Gasteiger partial charge in [0.05, 0.1) is 25.6 Å². The highest BCUT2D eigenvalue weighted by atomic mass is 28.3. The fourth-order valence-electron chi connectivity index (χ4n) is 4.17. The van der Waals surface area contributed by atoms with Crippen molar-refractivity contribution >= 4 is 25.2 Å². The van der Waals surface area contributed by atoms with Gasteiger partial charge in [-0.25, -0.2) is 14.8 Å². The molecule has 10 nitrogen and oxygen atoms in total. The molecule has 0 aromatic carbocycles. The lowest BCUT2D eigenvalue weighted by molar-refractivity contribution is -0.0313. The Labute approximate surface area is 212 Å². The molecule has 0 bridgehead atoms. The van der Waals surface area contributed by atoms with Crippen molar-refractivity contribution in [2.24, 2.45) is 0 Å². The molecular formula is C25H35N7O3Si. The summed E-state index contributed by atoms with van der Waals surface area (Å²) < 4.78 is 15.1. The van der Waals surface area contributed by atoms with E-state index in [0.717, 1.165) is 29.4 Å². The summed E-state index contributed by atoms with van der Waals surface area (Å²) in [5.74, 6) is 0. The van der Waals surface area contributed by atoms with E-state index in [0.29, 0.717) is 25.5 Å². The molecule has 3 aromatic heterocycles. The zero-order chi connectivity index (χ0) is 26.1. The van der Waals surface area contributed by atoms with Crippen molar-refractivity contribution in [3.8, 4) is 17.5 Å². The topological polar surface area (TPSA) is 111 Å². The van der Waals surface area contributed by atoms with E-state index in [1.807, 2.05) is 49.9 Å². The lowest BCUT2D eigenvalue weighted by Gasteiger charge is -2.48. The van der Waals surface area contributed by atoms with Crippen molar-refractivity contribution in [3.05, 3.63) is 30.9 Å². The summed E-state index contributed by atoms with van der Waals surface area (Å²) >= 11 is 0. The SMILES string of the molecule is CC(C)(C)OC(=O)N1CC(CC#N)(n2ccc(-c3ncnc4c3ccn4COCC[Si](C)(C)C)n2)C1. The van der Waals surface area contributed by atoms with Gasteiger partial charge in [-0.2, -0.15) is 10.4 Å². The maximum Gasteiger partial charge on any atom is 0.410 e. The number of rotatable bonds is 8. The van der Waals surface area contributed by atoms with Crippen molar-refractivity contribution in [3.63, 3.8) is 0 Å². The number of hydrogen-bond donors (Lipinski definition) is 0. The molecule has 0 N–H and O–H groups in total. The Kier molecular flexibility index (Phi) is 6.94. The molecule has 192 valence electrons. The predicted octanol–water partition coefficient (Wildman–Crippen LogP) is 4.47. The van der Waals surface area contributed by atoms with Gasteiger partial charge in [-0.3, -0.25) is 4.68 Å². The third-order valence-corrected chi connectivity index (χ3v) is 7.83. The molecule has 0 spiro atoms. The van der Waals surface area contributed by atoms with Crippen LogP contribution in [0.3, 0.4) is 0 Å². The van der Waals surface area contributed by atoms with E-state index in [1.165, 1.54) is 6.33 Å². The van der Waals surface area contributed by atoms with Crippen molar-refractivity contribution in [1.29, 1.82) is 5.26 Å². The Balaban J connectivity index is 1.51. The van der Waals surface area contributed by atoms with Gasteiger partial charge in [0.1, 0.15) is 41.2 Å². The van der Waals surface area contributed by atoms with Gasteiger partial charge in [0.15, 0.2) is 0 Å². The fourth-order valence-corrected chi connectivity index (χ4v) is 4.93. The van der Waals surface area contributed by atoms with Crippen LogP contribution in [0.2, 0.25) is 25.7 Å². The lowest BCUT2D eigenvalue weighted by Crippen LogP contribution is -2.64. The molecule has 1 aliphatic heterocycles. The molecule has 4 heterocycles. The van der Waals surface area contributed by atoms with Crippen LogP contribution < -0.4 is 0 Å². The van der Waals surface area contributed by atoms with Crippen LogP contribution in [0.25, 0.3) is 22.4 Å². The quantitative estimate of drug-likeness (QED) is 0.325. The lowest BCUT2D eigenvalue weighted by atomic mass is 9.87. The first-order valence-corrected chi connectivity index (χ1v) is 15.9. The zero-order valence-corrected chi connectivity index (χ0v) is 23.0. The summed E-state index contributed by atoms with van der Waals surface area (Å²) in [4.78, 5) is 23.0. The molecule has 1 aliphatic rings. The number of aromatic nitrogens is 5. The average Bonchev–Trinajstić information content (AvgIpc) is 3.39. The van der Waals surface area contributed by atoms with E-state index >= 15 is 0 Å². The Morgan fingerprint density at radius 1 is 1.19 bits per heavy atom. The molecule has 0 atom stereocenters. The molecule has 0 radical (unpaired) electrons. The summed E-state index contributed by atoms with van der Waals surface area (Å²) in [6.07, 6.45) is 5.19. The van der Waals surface area contributed by atoms with Gasteiger partial charge in [-0.1, -0.05) is 19.6 Å². The van der Waals surface area contributed by atoms with E-state index in [9.17, 15) is 10.1 Å². The Bertz CT molecular complexity index is 1270. The molecule has 4 rings (SSSR count).